The van der Waals surface area contributed by atoms with Gasteiger partial charge >= 0.3 is 5.97 Å². The Morgan fingerprint density at radius 2 is 2.13 bits per heavy atom. The molecule has 0 aromatic carbocycles. The minimum absolute atomic E-state index is 0.225. The predicted molar refractivity (Wildman–Crippen MR) is 60.9 cm³/mol. The Hall–Kier alpha value is -0.570. The number of likely N-dealkylation sites (tertiary alicyclic amines) is 1. The van der Waals surface area contributed by atoms with E-state index in [-0.39, 0.29) is 5.54 Å². The third-order valence-corrected chi connectivity index (χ3v) is 3.48. The van der Waals surface area contributed by atoms with Gasteiger partial charge in [-0.25, -0.2) is 0 Å². The molecule has 1 aliphatic rings. The van der Waals surface area contributed by atoms with Crippen molar-refractivity contribution in [3.8, 4) is 0 Å². The molecule has 1 saturated heterocycles. The van der Waals surface area contributed by atoms with E-state index in [1.165, 1.54) is 0 Å². The number of hydrogen-bond acceptors (Lipinski definition) is 2. The third-order valence-electron chi connectivity index (χ3n) is 3.48. The van der Waals surface area contributed by atoms with Crippen LogP contribution in [0.5, 0.6) is 0 Å². The Morgan fingerprint density at radius 1 is 1.53 bits per heavy atom. The lowest BCUT2D eigenvalue weighted by atomic mass is 9.82. The van der Waals surface area contributed by atoms with Crippen molar-refractivity contribution in [3.05, 3.63) is 0 Å². The van der Waals surface area contributed by atoms with Crippen LogP contribution in [0, 0.1) is 5.92 Å². The molecule has 0 radical (unpaired) electrons. The number of aliphatic carboxylic acids is 1. The van der Waals surface area contributed by atoms with Gasteiger partial charge in [-0.2, -0.15) is 0 Å². The number of hydrogen-bond donors (Lipinski definition) is 1. The van der Waals surface area contributed by atoms with Crippen molar-refractivity contribution in [1.82, 2.24) is 4.90 Å². The summed E-state index contributed by atoms with van der Waals surface area (Å²) in [6.45, 7) is 9.81. The first-order valence-corrected chi connectivity index (χ1v) is 5.81. The maximum absolute atomic E-state index is 10.7. The summed E-state index contributed by atoms with van der Waals surface area (Å²) in [5.74, 6) is -0.332. The number of rotatable bonds is 3. The van der Waals surface area contributed by atoms with E-state index in [0.29, 0.717) is 18.4 Å². The van der Waals surface area contributed by atoms with Gasteiger partial charge in [-0.15, -0.1) is 0 Å². The van der Waals surface area contributed by atoms with Gasteiger partial charge < -0.3 is 5.11 Å². The number of carboxylic acid groups (broad SMARTS) is 1. The smallest absolute Gasteiger partial charge is 0.303 e. The average Bonchev–Trinajstić information content (AvgIpc) is 2.06. The van der Waals surface area contributed by atoms with Gasteiger partial charge in [0.15, 0.2) is 0 Å². The summed E-state index contributed by atoms with van der Waals surface area (Å²) in [5, 5.41) is 8.80. The fraction of sp³-hybridized carbons (Fsp3) is 0.917. The Morgan fingerprint density at radius 3 is 2.60 bits per heavy atom. The molecule has 3 nitrogen and oxygen atoms in total. The summed E-state index contributed by atoms with van der Waals surface area (Å²) >= 11 is 0. The molecule has 0 bridgehead atoms. The van der Waals surface area contributed by atoms with E-state index in [2.05, 4.69) is 32.6 Å². The molecule has 0 spiro atoms. The van der Waals surface area contributed by atoms with Crippen LogP contribution in [0.1, 0.15) is 47.0 Å². The number of piperidine rings is 1. The maximum atomic E-state index is 10.7. The van der Waals surface area contributed by atoms with Crippen LogP contribution in [-0.2, 0) is 4.79 Å². The standard InChI is InChI=1S/C12H23NO2/c1-9(2)13-8-10(7-11(14)15)5-6-12(13,3)4/h9-10H,5-8H2,1-4H3,(H,14,15). The fourth-order valence-corrected chi connectivity index (χ4v) is 2.64. The van der Waals surface area contributed by atoms with Crippen molar-refractivity contribution in [2.24, 2.45) is 5.92 Å². The van der Waals surface area contributed by atoms with Crippen LogP contribution in [0.4, 0.5) is 0 Å². The molecule has 0 aliphatic carbocycles. The second-order valence-electron chi connectivity index (χ2n) is 5.56. The van der Waals surface area contributed by atoms with Gasteiger partial charge in [-0.1, -0.05) is 0 Å². The summed E-state index contributed by atoms with van der Waals surface area (Å²) in [7, 11) is 0. The molecule has 15 heavy (non-hydrogen) atoms. The molecule has 1 atom stereocenters. The molecule has 1 fully saturated rings. The third kappa shape index (κ3) is 3.20. The maximum Gasteiger partial charge on any atom is 0.303 e. The van der Waals surface area contributed by atoms with Gasteiger partial charge in [0.1, 0.15) is 0 Å². The highest BCUT2D eigenvalue weighted by Crippen LogP contribution is 2.33. The normalized spacial score (nSPS) is 26.9. The molecule has 1 rings (SSSR count). The van der Waals surface area contributed by atoms with Crippen LogP contribution in [0.2, 0.25) is 0 Å². The van der Waals surface area contributed by atoms with Crippen molar-refractivity contribution < 1.29 is 9.90 Å². The molecule has 1 N–H and O–H groups in total. The number of carbonyl (C=O) groups is 1. The van der Waals surface area contributed by atoms with Crippen LogP contribution in [0.3, 0.4) is 0 Å². The van der Waals surface area contributed by atoms with Gasteiger partial charge in [0, 0.05) is 24.5 Å². The van der Waals surface area contributed by atoms with E-state index < -0.39 is 5.97 Å². The largest absolute Gasteiger partial charge is 0.481 e. The van der Waals surface area contributed by atoms with Crippen LogP contribution in [0.25, 0.3) is 0 Å². The minimum Gasteiger partial charge on any atom is -0.481 e. The van der Waals surface area contributed by atoms with Gasteiger partial charge in [0.25, 0.3) is 0 Å². The van der Waals surface area contributed by atoms with Crippen LogP contribution >= 0.6 is 0 Å². The van der Waals surface area contributed by atoms with E-state index in [9.17, 15) is 4.79 Å². The van der Waals surface area contributed by atoms with E-state index >= 15 is 0 Å². The van der Waals surface area contributed by atoms with Crippen LogP contribution < -0.4 is 0 Å². The summed E-state index contributed by atoms with van der Waals surface area (Å²) in [6, 6.07) is 0.497. The van der Waals surface area contributed by atoms with Gasteiger partial charge in [0.2, 0.25) is 0 Å². The fourth-order valence-electron chi connectivity index (χ4n) is 2.64. The molecular weight excluding hydrogens is 190 g/mol. The Balaban J connectivity index is 2.62. The second kappa shape index (κ2) is 4.52. The number of carboxylic acids is 1. The number of nitrogens with zero attached hydrogens (tertiary/aromatic N) is 1. The lowest BCUT2D eigenvalue weighted by Crippen LogP contribution is -2.53. The molecule has 88 valence electrons. The molecule has 0 amide bonds. The molecule has 0 saturated carbocycles. The molecule has 1 unspecified atom stereocenters. The second-order valence-corrected chi connectivity index (χ2v) is 5.56. The van der Waals surface area contributed by atoms with Gasteiger partial charge in [-0.05, 0) is 46.5 Å². The summed E-state index contributed by atoms with van der Waals surface area (Å²) in [4.78, 5) is 13.1. The highest BCUT2D eigenvalue weighted by Gasteiger charge is 2.35. The van der Waals surface area contributed by atoms with E-state index in [4.69, 9.17) is 5.11 Å². The molecule has 0 aromatic rings. The van der Waals surface area contributed by atoms with Crippen molar-refractivity contribution >= 4 is 5.97 Å². The first kappa shape index (κ1) is 12.5. The zero-order valence-electron chi connectivity index (χ0n) is 10.3. The van der Waals surface area contributed by atoms with Crippen LogP contribution in [-0.4, -0.2) is 34.1 Å². The SMILES string of the molecule is CC(C)N1CC(CC(=O)O)CCC1(C)C. The zero-order chi connectivity index (χ0) is 11.6. The van der Waals surface area contributed by atoms with Crippen molar-refractivity contribution in [1.29, 1.82) is 0 Å². The molecule has 3 heteroatoms. The van der Waals surface area contributed by atoms with Gasteiger partial charge in [-0.3, -0.25) is 9.69 Å². The van der Waals surface area contributed by atoms with Crippen LogP contribution in [0.15, 0.2) is 0 Å². The molecule has 1 aliphatic heterocycles. The van der Waals surface area contributed by atoms with Crippen molar-refractivity contribution in [3.63, 3.8) is 0 Å². The lowest BCUT2D eigenvalue weighted by molar-refractivity contribution is -0.139. The summed E-state index contributed by atoms with van der Waals surface area (Å²) in [5.41, 5.74) is 0.225. The van der Waals surface area contributed by atoms with E-state index in [0.717, 1.165) is 19.4 Å². The van der Waals surface area contributed by atoms with E-state index in [1.807, 2.05) is 0 Å². The Bertz CT molecular complexity index is 236. The monoisotopic (exact) mass is 213 g/mol. The van der Waals surface area contributed by atoms with Crippen molar-refractivity contribution in [2.45, 2.75) is 58.5 Å². The first-order valence-electron chi connectivity index (χ1n) is 5.81. The Labute approximate surface area is 92.5 Å². The first-order chi connectivity index (χ1) is 6.83. The quantitative estimate of drug-likeness (QED) is 0.782. The molecule has 0 aromatic heterocycles. The molecular formula is C12H23NO2. The predicted octanol–water partition coefficient (Wildman–Crippen LogP) is 2.36. The zero-order valence-corrected chi connectivity index (χ0v) is 10.3. The topological polar surface area (TPSA) is 40.5 Å². The average molecular weight is 213 g/mol. The lowest BCUT2D eigenvalue weighted by Gasteiger charge is -2.47. The van der Waals surface area contributed by atoms with Gasteiger partial charge in [0.05, 0.1) is 0 Å². The minimum atomic E-state index is -0.664. The summed E-state index contributed by atoms with van der Waals surface area (Å²) in [6.07, 6.45) is 2.46. The van der Waals surface area contributed by atoms with Crippen molar-refractivity contribution in [2.75, 3.05) is 6.54 Å². The van der Waals surface area contributed by atoms with E-state index in [1.54, 1.807) is 0 Å². The highest BCUT2D eigenvalue weighted by molar-refractivity contribution is 5.67. The highest BCUT2D eigenvalue weighted by atomic mass is 16.4. The summed E-state index contributed by atoms with van der Waals surface area (Å²) < 4.78 is 0. The Kier molecular flexibility index (Phi) is 3.77. The molecule has 1 heterocycles.